The van der Waals surface area contributed by atoms with Gasteiger partial charge in [0.15, 0.2) is 0 Å². The predicted molar refractivity (Wildman–Crippen MR) is 146 cm³/mol. The molecule has 0 spiro atoms. The number of aromatic nitrogens is 3. The van der Waals surface area contributed by atoms with Gasteiger partial charge in [0.2, 0.25) is 0 Å². The molecule has 3 aromatic rings. The first-order chi connectivity index (χ1) is 18.8. The summed E-state index contributed by atoms with van der Waals surface area (Å²) < 4.78 is 32.8. The van der Waals surface area contributed by atoms with Gasteiger partial charge in [-0.1, -0.05) is 30.3 Å². The van der Waals surface area contributed by atoms with Crippen LogP contribution in [-0.2, 0) is 24.2 Å². The summed E-state index contributed by atoms with van der Waals surface area (Å²) >= 11 is 0. The van der Waals surface area contributed by atoms with Crippen LogP contribution < -0.4 is 5.32 Å². The predicted octanol–water partition coefficient (Wildman–Crippen LogP) is 5.63. The standard InChI is InChI=1S/C30H37F2N5O2/c1-21-18-34-36(19-21)20-22-9-11-23(12-10-22)27(29(38)39)37-17-5-8-26(37)30(31,32)15-3-2-7-25-14-13-24-6-4-16-33-28(24)35-25/h9-14,18-19,26-27H,2-8,15-17,20H2,1H3,(H,33,35)(H,38,39)/t26-,27?/m1/s1. The van der Waals surface area contributed by atoms with Crippen LogP contribution in [0.15, 0.2) is 48.8 Å². The second-order valence-electron chi connectivity index (χ2n) is 10.9. The van der Waals surface area contributed by atoms with E-state index >= 15 is 8.78 Å². The second kappa shape index (κ2) is 11.8. The van der Waals surface area contributed by atoms with Gasteiger partial charge in [-0.05, 0) is 86.7 Å². The first-order valence-electron chi connectivity index (χ1n) is 14.0. The molecule has 0 radical (unpaired) electrons. The minimum Gasteiger partial charge on any atom is -0.480 e. The van der Waals surface area contributed by atoms with Gasteiger partial charge in [0.1, 0.15) is 11.9 Å². The number of pyridine rings is 1. The SMILES string of the molecule is Cc1cnn(Cc2ccc(C(C(=O)O)N3CCC[C@@H]3C(F)(F)CCCCc3ccc4c(n3)NCCC4)cc2)c1. The van der Waals surface area contributed by atoms with Crippen molar-refractivity contribution in [3.05, 3.63) is 76.7 Å². The Morgan fingerprint density at radius 1 is 1.18 bits per heavy atom. The smallest absolute Gasteiger partial charge is 0.325 e. The number of nitrogens with one attached hydrogen (secondary N) is 1. The van der Waals surface area contributed by atoms with Crippen LogP contribution in [0.25, 0.3) is 0 Å². The van der Waals surface area contributed by atoms with Crippen molar-refractivity contribution in [2.75, 3.05) is 18.4 Å². The van der Waals surface area contributed by atoms with E-state index in [0.29, 0.717) is 50.8 Å². The number of carboxylic acids is 1. The maximum atomic E-state index is 15.5. The van der Waals surface area contributed by atoms with E-state index in [4.69, 9.17) is 0 Å². The number of halogens is 2. The molecule has 208 valence electrons. The summed E-state index contributed by atoms with van der Waals surface area (Å²) in [4.78, 5) is 18.5. The number of aryl methyl sites for hydroxylation is 3. The van der Waals surface area contributed by atoms with Crippen LogP contribution in [0.5, 0.6) is 0 Å². The van der Waals surface area contributed by atoms with Gasteiger partial charge in [0.25, 0.3) is 5.92 Å². The minimum absolute atomic E-state index is 0.258. The summed E-state index contributed by atoms with van der Waals surface area (Å²) in [7, 11) is 0. The Hall–Kier alpha value is -3.33. The molecule has 0 amide bonds. The number of fused-ring (bicyclic) bond motifs is 1. The fourth-order valence-electron chi connectivity index (χ4n) is 5.91. The van der Waals surface area contributed by atoms with Gasteiger partial charge >= 0.3 is 5.97 Å². The first kappa shape index (κ1) is 27.2. The van der Waals surface area contributed by atoms with Crippen LogP contribution in [0, 0.1) is 6.92 Å². The Labute approximate surface area is 228 Å². The minimum atomic E-state index is -2.97. The summed E-state index contributed by atoms with van der Waals surface area (Å²) in [6.07, 6.45) is 8.08. The highest BCUT2D eigenvalue weighted by Gasteiger charge is 2.48. The normalized spacial score (nSPS) is 18.5. The molecule has 1 fully saturated rings. The number of aliphatic carboxylic acids is 1. The lowest BCUT2D eigenvalue weighted by Gasteiger charge is -2.35. The van der Waals surface area contributed by atoms with Crippen LogP contribution in [0.3, 0.4) is 0 Å². The summed E-state index contributed by atoms with van der Waals surface area (Å²) in [5.41, 5.74) is 4.70. The Morgan fingerprint density at radius 2 is 2.00 bits per heavy atom. The molecule has 7 nitrogen and oxygen atoms in total. The molecule has 1 aromatic carbocycles. The van der Waals surface area contributed by atoms with Gasteiger partial charge in [0, 0.05) is 24.9 Å². The molecule has 9 heteroatoms. The van der Waals surface area contributed by atoms with Crippen molar-refractivity contribution in [3.63, 3.8) is 0 Å². The van der Waals surface area contributed by atoms with Gasteiger partial charge in [-0.2, -0.15) is 5.10 Å². The molecule has 2 atom stereocenters. The van der Waals surface area contributed by atoms with Gasteiger partial charge < -0.3 is 10.4 Å². The largest absolute Gasteiger partial charge is 0.480 e. The molecule has 2 aromatic heterocycles. The van der Waals surface area contributed by atoms with E-state index in [1.54, 1.807) is 18.3 Å². The highest BCUT2D eigenvalue weighted by atomic mass is 19.3. The molecule has 2 aliphatic heterocycles. The van der Waals surface area contributed by atoms with E-state index in [-0.39, 0.29) is 6.42 Å². The first-order valence-corrected chi connectivity index (χ1v) is 14.0. The van der Waals surface area contributed by atoms with Crippen molar-refractivity contribution in [1.82, 2.24) is 19.7 Å². The number of rotatable bonds is 11. The molecule has 2 aliphatic rings. The summed E-state index contributed by atoms with van der Waals surface area (Å²) in [5.74, 6) is -3.14. The van der Waals surface area contributed by atoms with Crippen LogP contribution in [0.4, 0.5) is 14.6 Å². The van der Waals surface area contributed by atoms with Gasteiger partial charge in [-0.3, -0.25) is 14.4 Å². The lowest BCUT2D eigenvalue weighted by atomic mass is 9.97. The van der Waals surface area contributed by atoms with Crippen molar-refractivity contribution in [1.29, 1.82) is 0 Å². The maximum Gasteiger partial charge on any atom is 0.325 e. The zero-order valence-corrected chi connectivity index (χ0v) is 22.5. The number of unbranched alkanes of at least 4 members (excludes halogenated alkanes) is 1. The molecule has 0 aliphatic carbocycles. The third kappa shape index (κ3) is 6.46. The highest BCUT2D eigenvalue weighted by molar-refractivity contribution is 5.75. The molecule has 1 unspecified atom stereocenters. The monoisotopic (exact) mass is 537 g/mol. The number of nitrogens with zero attached hydrogens (tertiary/aromatic N) is 4. The van der Waals surface area contributed by atoms with E-state index in [1.807, 2.05) is 36.0 Å². The Kier molecular flexibility index (Phi) is 8.26. The lowest BCUT2D eigenvalue weighted by molar-refractivity contribution is -0.148. The Morgan fingerprint density at radius 3 is 2.74 bits per heavy atom. The number of carboxylic acid groups (broad SMARTS) is 1. The van der Waals surface area contributed by atoms with Gasteiger partial charge in [-0.25, -0.2) is 13.8 Å². The number of alkyl halides is 2. The average Bonchev–Trinajstić information content (AvgIpc) is 3.57. The van der Waals surface area contributed by atoms with Crippen molar-refractivity contribution in [2.24, 2.45) is 0 Å². The van der Waals surface area contributed by atoms with E-state index in [9.17, 15) is 9.90 Å². The van der Waals surface area contributed by atoms with Crippen molar-refractivity contribution in [3.8, 4) is 0 Å². The molecule has 39 heavy (non-hydrogen) atoms. The van der Waals surface area contributed by atoms with Gasteiger partial charge in [-0.15, -0.1) is 0 Å². The topological polar surface area (TPSA) is 83.3 Å². The number of hydrogen-bond acceptors (Lipinski definition) is 5. The van der Waals surface area contributed by atoms with Crippen LogP contribution in [0.2, 0.25) is 0 Å². The van der Waals surface area contributed by atoms with Crippen LogP contribution in [0.1, 0.15) is 72.5 Å². The third-order valence-electron chi connectivity index (χ3n) is 7.89. The second-order valence-corrected chi connectivity index (χ2v) is 10.9. The number of anilines is 1. The van der Waals surface area contributed by atoms with E-state index in [2.05, 4.69) is 21.5 Å². The molecule has 2 N–H and O–H groups in total. The number of likely N-dealkylation sites (tertiary alicyclic amines) is 1. The quantitative estimate of drug-likeness (QED) is 0.309. The molecule has 5 rings (SSSR count). The zero-order valence-electron chi connectivity index (χ0n) is 22.5. The summed E-state index contributed by atoms with van der Waals surface area (Å²) in [5, 5.41) is 17.7. The van der Waals surface area contributed by atoms with Crippen LogP contribution in [-0.4, -0.2) is 55.8 Å². The third-order valence-corrected chi connectivity index (χ3v) is 7.89. The fourth-order valence-corrected chi connectivity index (χ4v) is 5.91. The van der Waals surface area contributed by atoms with Crippen molar-refractivity contribution < 1.29 is 18.7 Å². The molecular formula is C30H37F2N5O2. The summed E-state index contributed by atoms with van der Waals surface area (Å²) in [6.45, 7) is 3.79. The zero-order chi connectivity index (χ0) is 27.4. The lowest BCUT2D eigenvalue weighted by Crippen LogP contribution is -2.47. The molecular weight excluding hydrogens is 500 g/mol. The highest BCUT2D eigenvalue weighted by Crippen LogP contribution is 2.40. The van der Waals surface area contributed by atoms with Crippen molar-refractivity contribution in [2.45, 2.75) is 82.8 Å². The molecule has 0 saturated carbocycles. The van der Waals surface area contributed by atoms with Gasteiger partial charge in [0.05, 0.1) is 18.8 Å². The molecule has 0 bridgehead atoms. The average molecular weight is 538 g/mol. The Bertz CT molecular complexity index is 1280. The summed E-state index contributed by atoms with van der Waals surface area (Å²) in [6, 6.07) is 9.11. The Balaban J connectivity index is 1.20. The van der Waals surface area contributed by atoms with E-state index in [1.165, 1.54) is 10.5 Å². The number of hydrogen-bond donors (Lipinski definition) is 2. The van der Waals surface area contributed by atoms with Crippen molar-refractivity contribution >= 4 is 11.8 Å². The van der Waals surface area contributed by atoms with Crippen LogP contribution >= 0.6 is 0 Å². The van der Waals surface area contributed by atoms with E-state index < -0.39 is 24.0 Å². The molecule has 1 saturated heterocycles. The number of benzene rings is 1. The fraction of sp³-hybridized carbons (Fsp3) is 0.500. The number of carbonyl (C=O) groups is 1. The van der Waals surface area contributed by atoms with E-state index in [0.717, 1.165) is 42.0 Å². The molecule has 4 heterocycles. The maximum absolute atomic E-state index is 15.5.